The molecule has 12 heteroatoms. The zero-order valence-corrected chi connectivity index (χ0v) is 17.2. The van der Waals surface area contributed by atoms with Crippen molar-refractivity contribution in [3.05, 3.63) is 62.4 Å². The lowest BCUT2D eigenvalue weighted by Crippen LogP contribution is -2.27. The highest BCUT2D eigenvalue weighted by atomic mass is 79.9. The number of benzene rings is 1. The first-order valence-electron chi connectivity index (χ1n) is 8.37. The highest BCUT2D eigenvalue weighted by Crippen LogP contribution is 2.38. The van der Waals surface area contributed by atoms with Crippen LogP contribution in [0.5, 0.6) is 0 Å². The molecule has 0 spiro atoms. The van der Waals surface area contributed by atoms with E-state index < -0.39 is 29.8 Å². The molecule has 0 aliphatic heterocycles. The van der Waals surface area contributed by atoms with Crippen molar-refractivity contribution in [1.29, 1.82) is 0 Å². The van der Waals surface area contributed by atoms with Crippen LogP contribution in [0.2, 0.25) is 0 Å². The molecule has 0 fully saturated rings. The van der Waals surface area contributed by atoms with Crippen LogP contribution in [0.3, 0.4) is 0 Å². The second-order valence-electron chi connectivity index (χ2n) is 6.20. The van der Waals surface area contributed by atoms with Crippen molar-refractivity contribution < 1.29 is 18.0 Å². The summed E-state index contributed by atoms with van der Waals surface area (Å²) in [5.41, 5.74) is -0.880. The maximum Gasteiger partial charge on any atom is 0.416 e. The van der Waals surface area contributed by atoms with Crippen LogP contribution in [0.15, 0.2) is 51.3 Å². The fraction of sp³-hybridized carbons (Fsp3) is 0.111. The topological polar surface area (TPSA) is 92.7 Å². The number of hydrogen-bond acceptors (Lipinski definition) is 5. The van der Waals surface area contributed by atoms with Crippen LogP contribution in [-0.4, -0.2) is 25.7 Å². The van der Waals surface area contributed by atoms with Gasteiger partial charge in [0.15, 0.2) is 5.82 Å². The van der Waals surface area contributed by atoms with Crippen LogP contribution < -0.4 is 10.9 Å². The zero-order chi connectivity index (χ0) is 21.5. The average Bonchev–Trinajstić information content (AvgIpc) is 3.32. The van der Waals surface area contributed by atoms with Gasteiger partial charge in [-0.1, -0.05) is 6.07 Å². The predicted molar refractivity (Wildman–Crippen MR) is 109 cm³/mol. The Hall–Kier alpha value is -2.99. The highest BCUT2D eigenvalue weighted by molar-refractivity contribution is 9.10. The highest BCUT2D eigenvalue weighted by Gasteiger charge is 2.30. The molecular weight excluding hydrogens is 487 g/mol. The molecule has 1 aromatic carbocycles. The first-order valence-corrected chi connectivity index (χ1v) is 10.0. The third-order valence-electron chi connectivity index (χ3n) is 4.27. The Morgan fingerprint density at radius 3 is 2.73 bits per heavy atom. The molecule has 1 amide bonds. The summed E-state index contributed by atoms with van der Waals surface area (Å²) >= 11 is 4.60. The van der Waals surface area contributed by atoms with Crippen LogP contribution in [-0.2, 0) is 17.5 Å². The molecule has 3 heterocycles. The number of rotatable bonds is 4. The molecule has 3 aromatic heterocycles. The van der Waals surface area contributed by atoms with E-state index in [1.807, 2.05) is 0 Å². The van der Waals surface area contributed by atoms with Crippen molar-refractivity contribution in [2.45, 2.75) is 12.7 Å². The van der Waals surface area contributed by atoms with Crippen molar-refractivity contribution in [2.75, 3.05) is 5.32 Å². The number of halogens is 4. The van der Waals surface area contributed by atoms with E-state index in [4.69, 9.17) is 0 Å². The molecule has 30 heavy (non-hydrogen) atoms. The summed E-state index contributed by atoms with van der Waals surface area (Å²) in [5.74, 6) is -0.146. The van der Waals surface area contributed by atoms with Gasteiger partial charge in [0.05, 0.1) is 16.6 Å². The monoisotopic (exact) mass is 497 g/mol. The van der Waals surface area contributed by atoms with Crippen molar-refractivity contribution in [1.82, 2.24) is 19.7 Å². The van der Waals surface area contributed by atoms with Crippen LogP contribution in [0.25, 0.3) is 22.3 Å². The maximum absolute atomic E-state index is 13.1. The number of pyridine rings is 1. The molecule has 0 radical (unpaired) electrons. The van der Waals surface area contributed by atoms with Gasteiger partial charge in [0.1, 0.15) is 17.9 Å². The summed E-state index contributed by atoms with van der Waals surface area (Å²) in [6, 6.07) is 5.70. The molecule has 0 aliphatic rings. The van der Waals surface area contributed by atoms with E-state index in [9.17, 15) is 22.8 Å². The number of aromatic amines is 1. The van der Waals surface area contributed by atoms with E-state index >= 15 is 0 Å². The summed E-state index contributed by atoms with van der Waals surface area (Å²) in [7, 11) is 0. The molecule has 4 aromatic rings. The van der Waals surface area contributed by atoms with Crippen molar-refractivity contribution in [2.24, 2.45) is 0 Å². The standard InChI is InChI=1S/C18H11BrF3N5O2S/c19-11-7-30-17(15(11)16-23-8-24-26-16)25-13(28)6-27-12-5-10(18(20,21)22)3-1-9(12)2-4-14(27)29/h1-5,7-8H,6H2,(H,25,28)(H,23,24,26). The molecular formula is C18H11BrF3N5O2S. The van der Waals surface area contributed by atoms with E-state index in [2.05, 4.69) is 36.4 Å². The number of thiophene rings is 1. The van der Waals surface area contributed by atoms with E-state index in [1.54, 1.807) is 5.38 Å². The molecule has 0 saturated carbocycles. The number of fused-ring (bicyclic) bond motifs is 1. The Morgan fingerprint density at radius 1 is 1.27 bits per heavy atom. The first kappa shape index (κ1) is 20.3. The van der Waals surface area contributed by atoms with Gasteiger partial charge in [-0.05, 0) is 39.5 Å². The smallest absolute Gasteiger partial charge is 0.315 e. The number of carbonyl (C=O) groups excluding carboxylic acids is 1. The molecule has 0 atom stereocenters. The Labute approximate surface area is 178 Å². The number of nitrogens with zero attached hydrogens (tertiary/aromatic N) is 3. The fourth-order valence-corrected chi connectivity index (χ4v) is 4.55. The van der Waals surface area contributed by atoms with Crippen molar-refractivity contribution in [3.8, 4) is 11.4 Å². The molecule has 0 unspecified atom stereocenters. The molecule has 7 nitrogen and oxygen atoms in total. The third-order valence-corrected chi connectivity index (χ3v) is 6.10. The minimum Gasteiger partial charge on any atom is -0.315 e. The average molecular weight is 498 g/mol. The number of H-pyrrole nitrogens is 1. The first-order chi connectivity index (χ1) is 14.2. The number of nitrogens with one attached hydrogen (secondary N) is 2. The summed E-state index contributed by atoms with van der Waals surface area (Å²) in [5, 5.41) is 11.8. The zero-order valence-electron chi connectivity index (χ0n) is 14.8. The largest absolute Gasteiger partial charge is 0.416 e. The number of amides is 1. The van der Waals surface area contributed by atoms with Gasteiger partial charge in [0.2, 0.25) is 5.91 Å². The molecule has 154 valence electrons. The van der Waals surface area contributed by atoms with Gasteiger partial charge in [-0.25, -0.2) is 4.98 Å². The Balaban J connectivity index is 1.68. The van der Waals surface area contributed by atoms with Gasteiger partial charge in [0.25, 0.3) is 5.56 Å². The third kappa shape index (κ3) is 3.87. The normalized spacial score (nSPS) is 11.7. The molecule has 0 aliphatic carbocycles. The number of carbonyl (C=O) groups is 1. The molecule has 4 rings (SSSR count). The van der Waals surface area contributed by atoms with E-state index in [-0.39, 0.29) is 5.52 Å². The fourth-order valence-electron chi connectivity index (χ4n) is 2.91. The van der Waals surface area contributed by atoms with Crippen LogP contribution in [0, 0.1) is 0 Å². The van der Waals surface area contributed by atoms with Gasteiger partial charge in [-0.3, -0.25) is 19.3 Å². The number of anilines is 1. The van der Waals surface area contributed by atoms with Gasteiger partial charge in [0, 0.05) is 15.9 Å². The Kier molecular flexibility index (Phi) is 5.20. The lowest BCUT2D eigenvalue weighted by atomic mass is 10.1. The quantitative estimate of drug-likeness (QED) is 0.440. The van der Waals surface area contributed by atoms with Gasteiger partial charge >= 0.3 is 6.18 Å². The molecule has 2 N–H and O–H groups in total. The lowest BCUT2D eigenvalue weighted by molar-refractivity contribution is -0.137. The van der Waals surface area contributed by atoms with Crippen molar-refractivity contribution in [3.63, 3.8) is 0 Å². The van der Waals surface area contributed by atoms with Crippen LogP contribution in [0.1, 0.15) is 5.56 Å². The number of aromatic nitrogens is 4. The Bertz CT molecular complexity index is 1300. The van der Waals surface area contributed by atoms with E-state index in [1.165, 1.54) is 35.9 Å². The molecule has 0 bridgehead atoms. The van der Waals surface area contributed by atoms with Crippen LogP contribution in [0.4, 0.5) is 18.2 Å². The lowest BCUT2D eigenvalue weighted by Gasteiger charge is -2.13. The maximum atomic E-state index is 13.1. The molecule has 0 saturated heterocycles. The van der Waals surface area contributed by atoms with Crippen molar-refractivity contribution >= 4 is 49.1 Å². The van der Waals surface area contributed by atoms with Gasteiger partial charge in [-0.2, -0.15) is 18.3 Å². The summed E-state index contributed by atoms with van der Waals surface area (Å²) < 4.78 is 41.0. The summed E-state index contributed by atoms with van der Waals surface area (Å²) in [4.78, 5) is 29.0. The van der Waals surface area contributed by atoms with Gasteiger partial charge < -0.3 is 5.32 Å². The van der Waals surface area contributed by atoms with Gasteiger partial charge in [-0.15, -0.1) is 11.3 Å². The van der Waals surface area contributed by atoms with E-state index in [0.717, 1.165) is 16.7 Å². The predicted octanol–water partition coefficient (Wildman–Crippen LogP) is 4.27. The number of hydrogen-bond donors (Lipinski definition) is 2. The second-order valence-corrected chi connectivity index (χ2v) is 7.93. The van der Waals surface area contributed by atoms with Crippen LogP contribution >= 0.6 is 27.3 Å². The Morgan fingerprint density at radius 2 is 2.03 bits per heavy atom. The van der Waals surface area contributed by atoms with E-state index in [0.29, 0.717) is 26.2 Å². The SMILES string of the molecule is O=C(Cn1c(=O)ccc2ccc(C(F)(F)F)cc21)Nc1scc(Br)c1-c1ncn[nH]1. The second kappa shape index (κ2) is 7.69. The summed E-state index contributed by atoms with van der Waals surface area (Å²) in [6.45, 7) is -0.456. The minimum absolute atomic E-state index is 0.0234. The summed E-state index contributed by atoms with van der Waals surface area (Å²) in [6.07, 6.45) is -3.25. The minimum atomic E-state index is -4.57. The number of alkyl halides is 3.